The molecule has 1 saturated carbocycles. The number of hydrogen-bond acceptors (Lipinski definition) is 4. The van der Waals surface area contributed by atoms with Crippen molar-refractivity contribution in [1.29, 1.82) is 0 Å². The van der Waals surface area contributed by atoms with Crippen LogP contribution in [0.2, 0.25) is 0 Å². The van der Waals surface area contributed by atoms with E-state index >= 15 is 0 Å². The summed E-state index contributed by atoms with van der Waals surface area (Å²) in [5.74, 6) is -0.147. The van der Waals surface area contributed by atoms with Gasteiger partial charge in [0.25, 0.3) is 11.6 Å². The van der Waals surface area contributed by atoms with Crippen LogP contribution in [-0.4, -0.2) is 21.8 Å². The van der Waals surface area contributed by atoms with Gasteiger partial charge in [0, 0.05) is 22.5 Å². The molecule has 0 bridgehead atoms. The van der Waals surface area contributed by atoms with Gasteiger partial charge in [-0.3, -0.25) is 14.9 Å². The molecular weight excluding hydrogens is 368 g/mol. The minimum Gasteiger partial charge on any atom is -0.331 e. The Morgan fingerprint density at radius 2 is 2.18 bits per heavy atom. The second-order valence-corrected chi connectivity index (χ2v) is 7.05. The molecule has 1 amide bonds. The van der Waals surface area contributed by atoms with E-state index in [2.05, 4.69) is 15.9 Å². The summed E-state index contributed by atoms with van der Waals surface area (Å²) in [4.78, 5) is 26.2. The van der Waals surface area contributed by atoms with Gasteiger partial charge >= 0.3 is 0 Å². The van der Waals surface area contributed by atoms with E-state index in [0.29, 0.717) is 16.6 Å². The van der Waals surface area contributed by atoms with Crippen LogP contribution in [0.15, 0.2) is 40.2 Å². The fraction of sp³-hybridized carbons (Fsp3) is 0.267. The molecule has 7 heteroatoms. The molecule has 0 radical (unpaired) electrons. The maximum Gasteiger partial charge on any atom is 0.284 e. The summed E-state index contributed by atoms with van der Waals surface area (Å²) in [5, 5.41) is 13.0. The number of nitro groups is 1. The number of thiophene rings is 1. The number of nitro benzene ring substituents is 1. The molecule has 1 aromatic heterocycles. The topological polar surface area (TPSA) is 63.4 Å². The molecule has 5 nitrogen and oxygen atoms in total. The van der Waals surface area contributed by atoms with Crippen LogP contribution in [0.1, 0.15) is 28.1 Å². The van der Waals surface area contributed by atoms with Gasteiger partial charge in [0.1, 0.15) is 0 Å². The van der Waals surface area contributed by atoms with Crippen LogP contribution in [0.4, 0.5) is 5.69 Å². The van der Waals surface area contributed by atoms with Crippen molar-refractivity contribution in [2.24, 2.45) is 0 Å². The van der Waals surface area contributed by atoms with Crippen LogP contribution in [-0.2, 0) is 6.54 Å². The summed E-state index contributed by atoms with van der Waals surface area (Å²) in [6, 6.07) is 8.73. The van der Waals surface area contributed by atoms with E-state index in [9.17, 15) is 14.9 Å². The highest BCUT2D eigenvalue weighted by Crippen LogP contribution is 2.32. The lowest BCUT2D eigenvalue weighted by molar-refractivity contribution is -0.385. The minimum absolute atomic E-state index is 0.0854. The number of carbonyl (C=O) groups is 1. The fourth-order valence-corrected chi connectivity index (χ4v) is 3.37. The largest absolute Gasteiger partial charge is 0.331 e. The van der Waals surface area contributed by atoms with Crippen molar-refractivity contribution in [1.82, 2.24) is 4.90 Å². The lowest BCUT2D eigenvalue weighted by Crippen LogP contribution is -2.32. The average Bonchev–Trinajstić information content (AvgIpc) is 3.21. The van der Waals surface area contributed by atoms with Crippen molar-refractivity contribution in [3.8, 4) is 0 Å². The van der Waals surface area contributed by atoms with Crippen LogP contribution in [0, 0.1) is 10.1 Å². The number of amides is 1. The third-order valence-electron chi connectivity index (χ3n) is 3.54. The predicted molar refractivity (Wildman–Crippen MR) is 88.0 cm³/mol. The van der Waals surface area contributed by atoms with Gasteiger partial charge in [0.15, 0.2) is 0 Å². The van der Waals surface area contributed by atoms with Crippen LogP contribution in [0.25, 0.3) is 0 Å². The predicted octanol–water partition coefficient (Wildman–Crippen LogP) is 4.22. The summed E-state index contributed by atoms with van der Waals surface area (Å²) in [7, 11) is 0. The molecule has 1 aliphatic carbocycles. The lowest BCUT2D eigenvalue weighted by Gasteiger charge is -2.22. The maximum absolute atomic E-state index is 12.7. The lowest BCUT2D eigenvalue weighted by atomic mass is 10.1. The van der Waals surface area contributed by atoms with E-state index in [4.69, 9.17) is 0 Å². The second kappa shape index (κ2) is 6.18. The van der Waals surface area contributed by atoms with E-state index < -0.39 is 4.92 Å². The number of nitrogens with zero attached hydrogens (tertiary/aromatic N) is 2. The van der Waals surface area contributed by atoms with Gasteiger partial charge in [0.2, 0.25) is 0 Å². The summed E-state index contributed by atoms with van der Waals surface area (Å²) in [5.41, 5.74) is 0.274. The first-order valence-corrected chi connectivity index (χ1v) is 8.51. The molecule has 114 valence electrons. The summed E-state index contributed by atoms with van der Waals surface area (Å²) >= 11 is 4.75. The first kappa shape index (κ1) is 15.2. The highest BCUT2D eigenvalue weighted by molar-refractivity contribution is 9.10. The summed E-state index contributed by atoms with van der Waals surface area (Å²) in [6.07, 6.45) is 1.99. The average molecular weight is 381 g/mol. The van der Waals surface area contributed by atoms with E-state index in [0.717, 1.165) is 17.7 Å². The fourth-order valence-electron chi connectivity index (χ4n) is 2.27. The first-order chi connectivity index (χ1) is 10.6. The molecule has 0 saturated heterocycles. The van der Waals surface area contributed by atoms with Crippen LogP contribution < -0.4 is 0 Å². The van der Waals surface area contributed by atoms with E-state index in [1.165, 1.54) is 6.07 Å². The second-order valence-electron chi connectivity index (χ2n) is 5.17. The van der Waals surface area contributed by atoms with Crippen molar-refractivity contribution < 1.29 is 9.72 Å². The van der Waals surface area contributed by atoms with E-state index in [1.54, 1.807) is 23.5 Å². The molecule has 1 aromatic carbocycles. The van der Waals surface area contributed by atoms with Gasteiger partial charge in [-0.2, -0.15) is 0 Å². The maximum atomic E-state index is 12.7. The van der Waals surface area contributed by atoms with E-state index in [1.807, 2.05) is 22.4 Å². The zero-order valence-corrected chi connectivity index (χ0v) is 14.0. The van der Waals surface area contributed by atoms with Gasteiger partial charge in [-0.15, -0.1) is 11.3 Å². The Bertz CT molecular complexity index is 714. The smallest absolute Gasteiger partial charge is 0.284 e. The van der Waals surface area contributed by atoms with Gasteiger partial charge in [-0.05, 0) is 52.4 Å². The molecule has 3 rings (SSSR count). The molecule has 0 N–H and O–H groups in total. The Labute approximate surface area is 139 Å². The highest BCUT2D eigenvalue weighted by atomic mass is 79.9. The standard InChI is InChI=1S/C15H13BrN2O3S/c16-13-6-3-10(8-14(13)18(20)21)15(19)17(11-4-5-11)9-12-2-1-7-22-12/h1-3,6-8,11H,4-5,9H2. The van der Waals surface area contributed by atoms with Gasteiger partial charge in [-0.25, -0.2) is 0 Å². The Morgan fingerprint density at radius 3 is 2.77 bits per heavy atom. The van der Waals surface area contributed by atoms with Gasteiger partial charge in [0.05, 0.1) is 15.9 Å². The quantitative estimate of drug-likeness (QED) is 0.575. The minimum atomic E-state index is -0.485. The SMILES string of the molecule is O=C(c1ccc(Br)c([N+](=O)[O-])c1)N(Cc1cccs1)C1CC1. The number of hydrogen-bond donors (Lipinski definition) is 0. The van der Waals surface area contributed by atoms with Crippen LogP contribution >= 0.6 is 27.3 Å². The van der Waals surface area contributed by atoms with Crippen molar-refractivity contribution in [3.05, 3.63) is 60.7 Å². The molecule has 0 unspecified atom stereocenters. The first-order valence-electron chi connectivity index (χ1n) is 6.83. The molecule has 1 aliphatic rings. The number of benzene rings is 1. The van der Waals surface area contributed by atoms with Crippen molar-refractivity contribution >= 4 is 38.9 Å². The molecule has 0 spiro atoms. The van der Waals surface area contributed by atoms with Crippen molar-refractivity contribution in [3.63, 3.8) is 0 Å². The molecular formula is C15H13BrN2O3S. The Hall–Kier alpha value is -1.73. The zero-order valence-electron chi connectivity index (χ0n) is 11.6. The van der Waals surface area contributed by atoms with E-state index in [-0.39, 0.29) is 17.6 Å². The van der Waals surface area contributed by atoms with Crippen molar-refractivity contribution in [2.45, 2.75) is 25.4 Å². The number of carbonyl (C=O) groups excluding carboxylic acids is 1. The number of halogens is 1. The molecule has 1 fully saturated rings. The third kappa shape index (κ3) is 3.20. The monoisotopic (exact) mass is 380 g/mol. The Kier molecular flexibility index (Phi) is 4.26. The van der Waals surface area contributed by atoms with Gasteiger partial charge in [-0.1, -0.05) is 6.07 Å². The third-order valence-corrected chi connectivity index (χ3v) is 5.08. The molecule has 2 aromatic rings. The number of rotatable bonds is 5. The Morgan fingerprint density at radius 1 is 1.41 bits per heavy atom. The normalized spacial score (nSPS) is 13.9. The van der Waals surface area contributed by atoms with Crippen LogP contribution in [0.5, 0.6) is 0 Å². The molecule has 0 atom stereocenters. The molecule has 0 aliphatic heterocycles. The van der Waals surface area contributed by atoms with Gasteiger partial charge < -0.3 is 4.90 Å². The highest BCUT2D eigenvalue weighted by Gasteiger charge is 2.33. The molecule has 1 heterocycles. The molecule has 22 heavy (non-hydrogen) atoms. The Balaban J connectivity index is 1.87. The summed E-state index contributed by atoms with van der Waals surface area (Å²) < 4.78 is 0.380. The summed E-state index contributed by atoms with van der Waals surface area (Å²) in [6.45, 7) is 0.561. The van der Waals surface area contributed by atoms with Crippen molar-refractivity contribution in [2.75, 3.05) is 0 Å². The zero-order chi connectivity index (χ0) is 15.7. The van der Waals surface area contributed by atoms with Crippen LogP contribution in [0.3, 0.4) is 0 Å².